The third-order valence-corrected chi connectivity index (χ3v) is 7.50. The molecule has 0 aliphatic rings. The third kappa shape index (κ3) is 3.95. The van der Waals surface area contributed by atoms with Gasteiger partial charge in [0, 0.05) is 33.5 Å². The number of benzene rings is 5. The van der Waals surface area contributed by atoms with Crippen LogP contribution in [0.5, 0.6) is 0 Å². The van der Waals surface area contributed by atoms with E-state index in [-0.39, 0.29) is 0 Å². The Morgan fingerprint density at radius 1 is 0.463 bits per heavy atom. The summed E-state index contributed by atoms with van der Waals surface area (Å²) in [7, 11) is 0. The van der Waals surface area contributed by atoms with Crippen molar-refractivity contribution in [3.63, 3.8) is 0 Å². The van der Waals surface area contributed by atoms with Crippen molar-refractivity contribution >= 4 is 32.7 Å². The maximum Gasteiger partial charge on any atom is 0.238 e. The van der Waals surface area contributed by atoms with Crippen molar-refractivity contribution in [2.75, 3.05) is 0 Å². The molecular formula is C36H23N5. The van der Waals surface area contributed by atoms with Crippen molar-refractivity contribution in [2.45, 2.75) is 0 Å². The molecule has 5 aromatic carbocycles. The van der Waals surface area contributed by atoms with Crippen molar-refractivity contribution in [3.05, 3.63) is 140 Å². The maximum atomic E-state index is 5.05. The molecule has 0 spiro atoms. The number of rotatable bonds is 4. The van der Waals surface area contributed by atoms with E-state index >= 15 is 0 Å². The minimum absolute atomic E-state index is 0.570. The summed E-state index contributed by atoms with van der Waals surface area (Å²) >= 11 is 0. The van der Waals surface area contributed by atoms with Gasteiger partial charge in [0.15, 0.2) is 11.6 Å². The number of aromatic nitrogens is 5. The Bertz CT molecular complexity index is 2130. The van der Waals surface area contributed by atoms with Crippen molar-refractivity contribution in [1.29, 1.82) is 0 Å². The molecule has 5 heteroatoms. The van der Waals surface area contributed by atoms with Gasteiger partial charge in [-0.3, -0.25) is 9.55 Å². The van der Waals surface area contributed by atoms with Crippen LogP contribution in [-0.2, 0) is 0 Å². The van der Waals surface area contributed by atoms with Gasteiger partial charge >= 0.3 is 0 Å². The van der Waals surface area contributed by atoms with E-state index < -0.39 is 0 Å². The van der Waals surface area contributed by atoms with Crippen LogP contribution in [0.1, 0.15) is 0 Å². The summed E-state index contributed by atoms with van der Waals surface area (Å²) in [6, 6.07) is 45.6. The first-order chi connectivity index (χ1) is 20.3. The fourth-order valence-electron chi connectivity index (χ4n) is 5.57. The van der Waals surface area contributed by atoms with Crippen LogP contribution in [0, 0.1) is 0 Å². The zero-order chi connectivity index (χ0) is 27.2. The fourth-order valence-corrected chi connectivity index (χ4v) is 5.57. The van der Waals surface area contributed by atoms with Gasteiger partial charge in [0.2, 0.25) is 5.95 Å². The van der Waals surface area contributed by atoms with E-state index in [4.69, 9.17) is 19.9 Å². The van der Waals surface area contributed by atoms with Crippen LogP contribution in [0.15, 0.2) is 140 Å². The molecule has 3 heterocycles. The van der Waals surface area contributed by atoms with E-state index in [1.165, 1.54) is 5.56 Å². The van der Waals surface area contributed by atoms with Crippen LogP contribution in [0.3, 0.4) is 0 Å². The maximum absolute atomic E-state index is 5.05. The summed E-state index contributed by atoms with van der Waals surface area (Å²) in [5.41, 5.74) is 7.17. The van der Waals surface area contributed by atoms with Crippen molar-refractivity contribution in [3.8, 4) is 39.9 Å². The third-order valence-electron chi connectivity index (χ3n) is 7.50. The minimum atomic E-state index is 0.570. The minimum Gasteiger partial charge on any atom is -0.278 e. The summed E-state index contributed by atoms with van der Waals surface area (Å²) in [5.74, 6) is 1.83. The molecule has 0 aliphatic heterocycles. The summed E-state index contributed by atoms with van der Waals surface area (Å²) in [6.45, 7) is 0. The molecule has 192 valence electrons. The molecule has 0 atom stereocenters. The van der Waals surface area contributed by atoms with E-state index in [0.717, 1.165) is 49.4 Å². The zero-order valence-electron chi connectivity index (χ0n) is 22.0. The highest BCUT2D eigenvalue weighted by molar-refractivity contribution is 6.20. The van der Waals surface area contributed by atoms with Crippen LogP contribution >= 0.6 is 0 Å². The first kappa shape index (κ1) is 23.2. The molecule has 0 unspecified atom stereocenters. The van der Waals surface area contributed by atoms with E-state index in [9.17, 15) is 0 Å². The topological polar surface area (TPSA) is 56.5 Å². The van der Waals surface area contributed by atoms with Gasteiger partial charge in [-0.15, -0.1) is 0 Å². The molecule has 5 nitrogen and oxygen atoms in total. The smallest absolute Gasteiger partial charge is 0.238 e. The zero-order valence-corrected chi connectivity index (χ0v) is 22.0. The molecule has 0 aliphatic carbocycles. The molecular weight excluding hydrogens is 502 g/mol. The van der Waals surface area contributed by atoms with Crippen molar-refractivity contribution < 1.29 is 0 Å². The second-order valence-electron chi connectivity index (χ2n) is 9.98. The monoisotopic (exact) mass is 525 g/mol. The van der Waals surface area contributed by atoms with Crippen LogP contribution in [0.2, 0.25) is 0 Å². The van der Waals surface area contributed by atoms with Gasteiger partial charge in [0.25, 0.3) is 0 Å². The van der Waals surface area contributed by atoms with Gasteiger partial charge < -0.3 is 0 Å². The first-order valence-electron chi connectivity index (χ1n) is 13.6. The molecule has 0 fully saturated rings. The van der Waals surface area contributed by atoms with Crippen LogP contribution in [0.4, 0.5) is 0 Å². The average Bonchev–Trinajstić information content (AvgIpc) is 3.40. The number of hydrogen-bond donors (Lipinski definition) is 0. The van der Waals surface area contributed by atoms with Crippen molar-refractivity contribution in [1.82, 2.24) is 24.5 Å². The second kappa shape index (κ2) is 9.50. The number of fused-ring (bicyclic) bond motifs is 5. The Hall–Kier alpha value is -5.68. The van der Waals surface area contributed by atoms with Crippen LogP contribution in [-0.4, -0.2) is 24.5 Å². The molecule has 8 aromatic rings. The van der Waals surface area contributed by atoms with E-state index in [0.29, 0.717) is 17.6 Å². The molecule has 0 saturated carbocycles. The largest absolute Gasteiger partial charge is 0.278 e. The number of hydrogen-bond acceptors (Lipinski definition) is 4. The quantitative estimate of drug-likeness (QED) is 0.231. The Balaban J connectivity index is 1.47. The highest BCUT2D eigenvalue weighted by atomic mass is 15.2. The SMILES string of the molecule is c1ccc(-c2ccc3c(c2)c2c4ncccc4ccc2n3-c2nc(-c3ccccc3)nc(-c3ccccc3)n2)cc1. The van der Waals surface area contributed by atoms with Gasteiger partial charge in [-0.2, -0.15) is 9.97 Å². The highest BCUT2D eigenvalue weighted by Crippen LogP contribution is 2.38. The summed E-state index contributed by atoms with van der Waals surface area (Å²) in [4.78, 5) is 19.8. The molecule has 41 heavy (non-hydrogen) atoms. The predicted octanol–water partition coefficient (Wildman–Crippen LogP) is 8.52. The first-order valence-corrected chi connectivity index (χ1v) is 13.6. The summed E-state index contributed by atoms with van der Waals surface area (Å²) in [5, 5.41) is 3.28. The lowest BCUT2D eigenvalue weighted by Crippen LogP contribution is -2.06. The summed E-state index contributed by atoms with van der Waals surface area (Å²) in [6.07, 6.45) is 1.86. The standard InChI is InChI=1S/C36H23N5/c1-4-11-24(12-5-1)28-19-20-30-29(23-28)32-31(21-18-25-17-10-22-37-33(25)32)41(30)36-39-34(26-13-6-2-7-14-26)38-35(40-36)27-15-8-3-9-16-27/h1-23H. The molecule has 0 N–H and O–H groups in total. The second-order valence-corrected chi connectivity index (χ2v) is 9.98. The molecule has 0 saturated heterocycles. The fraction of sp³-hybridized carbons (Fsp3) is 0. The lowest BCUT2D eigenvalue weighted by Gasteiger charge is -2.11. The Labute approximate surface area is 236 Å². The van der Waals surface area contributed by atoms with Gasteiger partial charge in [-0.05, 0) is 35.4 Å². The Morgan fingerprint density at radius 3 is 1.73 bits per heavy atom. The van der Waals surface area contributed by atoms with Gasteiger partial charge in [0.05, 0.1) is 16.6 Å². The molecule has 3 aromatic heterocycles. The molecule has 0 radical (unpaired) electrons. The number of nitrogens with zero attached hydrogens (tertiary/aromatic N) is 5. The molecule has 8 rings (SSSR count). The molecule has 0 bridgehead atoms. The molecule has 0 amide bonds. The van der Waals surface area contributed by atoms with E-state index in [1.807, 2.05) is 79.0 Å². The van der Waals surface area contributed by atoms with Crippen LogP contribution < -0.4 is 0 Å². The lowest BCUT2D eigenvalue weighted by molar-refractivity contribution is 0.953. The van der Waals surface area contributed by atoms with Gasteiger partial charge in [-0.25, -0.2) is 4.98 Å². The van der Waals surface area contributed by atoms with Gasteiger partial charge in [0.1, 0.15) is 0 Å². The van der Waals surface area contributed by atoms with E-state index in [2.05, 4.69) is 65.2 Å². The summed E-state index contributed by atoms with van der Waals surface area (Å²) < 4.78 is 2.15. The van der Waals surface area contributed by atoms with Crippen LogP contribution in [0.25, 0.3) is 72.6 Å². The highest BCUT2D eigenvalue weighted by Gasteiger charge is 2.20. The van der Waals surface area contributed by atoms with Gasteiger partial charge in [-0.1, -0.05) is 109 Å². The predicted molar refractivity (Wildman–Crippen MR) is 166 cm³/mol. The number of pyridine rings is 1. The van der Waals surface area contributed by atoms with Crippen molar-refractivity contribution in [2.24, 2.45) is 0 Å². The Kier molecular flexibility index (Phi) is 5.38. The normalized spacial score (nSPS) is 11.4. The lowest BCUT2D eigenvalue weighted by atomic mass is 10.0. The van der Waals surface area contributed by atoms with E-state index in [1.54, 1.807) is 0 Å². The average molecular weight is 526 g/mol. The Morgan fingerprint density at radius 2 is 1.07 bits per heavy atom.